The molecule has 0 radical (unpaired) electrons. The van der Waals surface area contributed by atoms with Crippen molar-refractivity contribution in [3.8, 4) is 11.5 Å². The van der Waals surface area contributed by atoms with Crippen molar-refractivity contribution in [3.63, 3.8) is 0 Å². The molecule has 1 aromatic rings. The van der Waals surface area contributed by atoms with Crippen molar-refractivity contribution >= 4 is 11.8 Å². The second-order valence-electron chi connectivity index (χ2n) is 6.62. The Balaban J connectivity index is 1.77. The summed E-state index contributed by atoms with van der Waals surface area (Å²) in [6.45, 7) is 6.82. The highest BCUT2D eigenvalue weighted by Crippen LogP contribution is 2.34. The Morgan fingerprint density at radius 2 is 1.80 bits per heavy atom. The van der Waals surface area contributed by atoms with Crippen molar-refractivity contribution in [1.29, 1.82) is 0 Å². The van der Waals surface area contributed by atoms with Gasteiger partial charge in [-0.3, -0.25) is 9.59 Å². The Kier molecular flexibility index (Phi) is 5.16. The lowest BCUT2D eigenvalue weighted by Crippen LogP contribution is -2.40. The number of likely N-dealkylation sites (tertiary alicyclic amines) is 1. The highest BCUT2D eigenvalue weighted by atomic mass is 16.5. The molecular weight excluding hydrogens is 320 g/mol. The molecule has 0 aromatic heterocycles. The Hall–Kier alpha value is -2.24. The first-order valence-corrected chi connectivity index (χ1v) is 8.97. The summed E-state index contributed by atoms with van der Waals surface area (Å²) in [5, 5.41) is 0. The zero-order chi connectivity index (χ0) is 18.0. The average Bonchev–Trinajstić information content (AvgIpc) is 2.94. The van der Waals surface area contributed by atoms with Gasteiger partial charge < -0.3 is 19.3 Å². The van der Waals surface area contributed by atoms with E-state index in [0.717, 1.165) is 23.5 Å². The van der Waals surface area contributed by atoms with Crippen molar-refractivity contribution in [2.75, 3.05) is 33.4 Å². The minimum Gasteiger partial charge on any atom is -0.490 e. The van der Waals surface area contributed by atoms with Gasteiger partial charge in [0.05, 0.1) is 19.1 Å². The second kappa shape index (κ2) is 7.33. The fourth-order valence-electron chi connectivity index (χ4n) is 3.58. The van der Waals surface area contributed by atoms with E-state index in [9.17, 15) is 9.59 Å². The number of ether oxygens (including phenoxy) is 2. The fourth-order valence-corrected chi connectivity index (χ4v) is 3.58. The standard InChI is InChI=1S/C19H26N2O4/c1-4-24-16-8-13-6-7-21(12-14(13)9-17(16)25-5-2)19(23)15-10-18(22)20(3)11-15/h8-9,15H,4-7,10-12H2,1-3H3. The van der Waals surface area contributed by atoms with Gasteiger partial charge in [0.15, 0.2) is 11.5 Å². The summed E-state index contributed by atoms with van der Waals surface area (Å²) in [6.07, 6.45) is 1.12. The van der Waals surface area contributed by atoms with Gasteiger partial charge in [-0.2, -0.15) is 0 Å². The lowest BCUT2D eigenvalue weighted by atomic mass is 9.97. The molecule has 0 saturated carbocycles. The van der Waals surface area contributed by atoms with Crippen LogP contribution in [0, 0.1) is 5.92 Å². The molecule has 2 amide bonds. The van der Waals surface area contributed by atoms with E-state index in [1.54, 1.807) is 11.9 Å². The molecule has 2 aliphatic heterocycles. The van der Waals surface area contributed by atoms with Crippen LogP contribution in [0.25, 0.3) is 0 Å². The predicted octanol–water partition coefficient (Wildman–Crippen LogP) is 1.85. The zero-order valence-corrected chi connectivity index (χ0v) is 15.2. The lowest BCUT2D eigenvalue weighted by Gasteiger charge is -2.31. The van der Waals surface area contributed by atoms with Crippen LogP contribution in [0.3, 0.4) is 0 Å². The van der Waals surface area contributed by atoms with Crippen LogP contribution in [-0.4, -0.2) is 55.0 Å². The van der Waals surface area contributed by atoms with E-state index in [1.165, 1.54) is 5.56 Å². The quantitative estimate of drug-likeness (QED) is 0.816. The Labute approximate surface area is 148 Å². The molecular formula is C19H26N2O4. The molecule has 25 heavy (non-hydrogen) atoms. The van der Waals surface area contributed by atoms with Crippen LogP contribution in [0.2, 0.25) is 0 Å². The summed E-state index contributed by atoms with van der Waals surface area (Å²) in [5.74, 6) is 1.41. The number of carbonyl (C=O) groups is 2. The minimum atomic E-state index is -0.215. The van der Waals surface area contributed by atoms with Crippen molar-refractivity contribution in [2.45, 2.75) is 33.2 Å². The van der Waals surface area contributed by atoms with Crippen LogP contribution in [0.15, 0.2) is 12.1 Å². The van der Waals surface area contributed by atoms with E-state index < -0.39 is 0 Å². The van der Waals surface area contributed by atoms with E-state index in [-0.39, 0.29) is 17.7 Å². The molecule has 6 heteroatoms. The third kappa shape index (κ3) is 3.57. The Morgan fingerprint density at radius 1 is 1.16 bits per heavy atom. The second-order valence-corrected chi connectivity index (χ2v) is 6.62. The maximum atomic E-state index is 12.8. The molecule has 0 bridgehead atoms. The van der Waals surface area contributed by atoms with Gasteiger partial charge in [0.25, 0.3) is 0 Å². The Morgan fingerprint density at radius 3 is 2.36 bits per heavy atom. The van der Waals surface area contributed by atoms with Gasteiger partial charge in [-0.1, -0.05) is 0 Å². The SMILES string of the molecule is CCOc1cc2c(cc1OCC)CN(C(=O)C1CC(=O)N(C)C1)CC2. The van der Waals surface area contributed by atoms with E-state index in [0.29, 0.717) is 39.3 Å². The number of nitrogens with zero attached hydrogens (tertiary/aromatic N) is 2. The van der Waals surface area contributed by atoms with Crippen LogP contribution in [0.1, 0.15) is 31.4 Å². The molecule has 6 nitrogen and oxygen atoms in total. The Bertz CT molecular complexity index is 674. The smallest absolute Gasteiger partial charge is 0.228 e. The van der Waals surface area contributed by atoms with Gasteiger partial charge in [0.1, 0.15) is 0 Å². The molecule has 1 aromatic carbocycles. The van der Waals surface area contributed by atoms with Crippen molar-refractivity contribution in [3.05, 3.63) is 23.3 Å². The summed E-state index contributed by atoms with van der Waals surface area (Å²) in [6, 6.07) is 4.04. The highest BCUT2D eigenvalue weighted by Gasteiger charge is 2.35. The molecule has 0 spiro atoms. The third-order valence-electron chi connectivity index (χ3n) is 4.88. The maximum absolute atomic E-state index is 12.8. The number of fused-ring (bicyclic) bond motifs is 1. The number of carbonyl (C=O) groups excluding carboxylic acids is 2. The van der Waals surface area contributed by atoms with Crippen LogP contribution >= 0.6 is 0 Å². The molecule has 0 aliphatic carbocycles. The molecule has 1 fully saturated rings. The van der Waals surface area contributed by atoms with E-state index in [2.05, 4.69) is 0 Å². The van der Waals surface area contributed by atoms with Gasteiger partial charge in [0.2, 0.25) is 11.8 Å². The lowest BCUT2D eigenvalue weighted by molar-refractivity contribution is -0.136. The summed E-state index contributed by atoms with van der Waals surface area (Å²) in [4.78, 5) is 28.0. The molecule has 1 unspecified atom stereocenters. The monoisotopic (exact) mass is 346 g/mol. The van der Waals surface area contributed by atoms with E-state index in [1.807, 2.05) is 30.9 Å². The third-order valence-corrected chi connectivity index (χ3v) is 4.88. The topological polar surface area (TPSA) is 59.1 Å². The van der Waals surface area contributed by atoms with E-state index in [4.69, 9.17) is 9.47 Å². The average molecular weight is 346 g/mol. The number of amides is 2. The van der Waals surface area contributed by atoms with Crippen molar-refractivity contribution in [1.82, 2.24) is 9.80 Å². The highest BCUT2D eigenvalue weighted by molar-refractivity contribution is 5.89. The van der Waals surface area contributed by atoms with Crippen LogP contribution in [0.5, 0.6) is 11.5 Å². The number of benzene rings is 1. The molecule has 1 saturated heterocycles. The molecule has 3 rings (SSSR count). The number of hydrogen-bond donors (Lipinski definition) is 0. The molecule has 0 N–H and O–H groups in total. The first-order valence-electron chi connectivity index (χ1n) is 8.97. The first kappa shape index (κ1) is 17.6. The fraction of sp³-hybridized carbons (Fsp3) is 0.579. The van der Waals surface area contributed by atoms with E-state index >= 15 is 0 Å². The van der Waals surface area contributed by atoms with Crippen molar-refractivity contribution in [2.24, 2.45) is 5.92 Å². The molecule has 2 heterocycles. The van der Waals surface area contributed by atoms with Gasteiger partial charge in [0, 0.05) is 33.1 Å². The summed E-state index contributed by atoms with van der Waals surface area (Å²) < 4.78 is 11.4. The number of rotatable bonds is 5. The summed E-state index contributed by atoms with van der Waals surface area (Å²) in [7, 11) is 1.75. The number of hydrogen-bond acceptors (Lipinski definition) is 4. The largest absolute Gasteiger partial charge is 0.490 e. The van der Waals surface area contributed by atoms with Gasteiger partial charge in [-0.15, -0.1) is 0 Å². The van der Waals surface area contributed by atoms with Gasteiger partial charge in [-0.25, -0.2) is 0 Å². The van der Waals surface area contributed by atoms with Crippen LogP contribution < -0.4 is 9.47 Å². The molecule has 2 aliphatic rings. The first-order chi connectivity index (χ1) is 12.0. The van der Waals surface area contributed by atoms with Crippen LogP contribution in [0.4, 0.5) is 0 Å². The maximum Gasteiger partial charge on any atom is 0.228 e. The molecule has 1 atom stereocenters. The molecule has 136 valence electrons. The van der Waals surface area contributed by atoms with Gasteiger partial charge in [-0.05, 0) is 43.5 Å². The minimum absolute atomic E-state index is 0.0516. The zero-order valence-electron chi connectivity index (χ0n) is 15.2. The van der Waals surface area contributed by atoms with Crippen LogP contribution in [-0.2, 0) is 22.6 Å². The summed E-state index contributed by atoms with van der Waals surface area (Å²) in [5.41, 5.74) is 2.31. The summed E-state index contributed by atoms with van der Waals surface area (Å²) >= 11 is 0. The van der Waals surface area contributed by atoms with Crippen molar-refractivity contribution < 1.29 is 19.1 Å². The normalized spacial score (nSPS) is 19.8. The predicted molar refractivity (Wildman–Crippen MR) is 93.6 cm³/mol. The van der Waals surface area contributed by atoms with Gasteiger partial charge >= 0.3 is 0 Å².